The summed E-state index contributed by atoms with van der Waals surface area (Å²) >= 11 is 0. The molecule has 3 unspecified atom stereocenters. The molecule has 41 heavy (non-hydrogen) atoms. The van der Waals surface area contributed by atoms with E-state index in [-0.39, 0.29) is 10.6 Å². The Morgan fingerprint density at radius 3 is 1.10 bits per heavy atom. The second-order valence-corrected chi connectivity index (χ2v) is 16.2. The fraction of sp³-hybridized carbons (Fsp3) is 0.0526. The highest BCUT2D eigenvalue weighted by Crippen LogP contribution is 2.73. The van der Waals surface area contributed by atoms with Gasteiger partial charge in [-0.1, -0.05) is 182 Å². The average molecular weight is 583 g/mol. The van der Waals surface area contributed by atoms with Crippen LogP contribution in [0.5, 0.6) is 0 Å². The lowest BCUT2D eigenvalue weighted by molar-refractivity contribution is 0.825. The third-order valence-corrected chi connectivity index (χ3v) is 15.2. The van der Waals surface area contributed by atoms with Crippen LogP contribution < -0.4 is 21.2 Å². The fourth-order valence-electron chi connectivity index (χ4n) is 5.70. The summed E-state index contributed by atoms with van der Waals surface area (Å²) in [6, 6.07) is 67.2. The lowest BCUT2D eigenvalue weighted by Crippen LogP contribution is -2.35. The summed E-state index contributed by atoms with van der Waals surface area (Å²) in [6.07, 6.45) is 0. The molecule has 0 bridgehead atoms. The molecule has 0 aliphatic rings. The molecule has 6 aromatic carbocycles. The second kappa shape index (κ2) is 13.1. The number of hydrogen-bond donors (Lipinski definition) is 0. The van der Waals surface area contributed by atoms with Crippen LogP contribution in [0.3, 0.4) is 0 Å². The quantitative estimate of drug-likeness (QED) is 0.150. The van der Waals surface area contributed by atoms with Gasteiger partial charge in [0.05, 0.1) is 0 Å². The van der Waals surface area contributed by atoms with Crippen LogP contribution in [0.1, 0.15) is 16.8 Å². The van der Waals surface area contributed by atoms with E-state index in [0.717, 1.165) is 0 Å². The van der Waals surface area contributed by atoms with E-state index < -0.39 is 15.8 Å². The molecule has 0 amide bonds. The van der Waals surface area contributed by atoms with Gasteiger partial charge in [-0.3, -0.25) is 0 Å². The predicted molar refractivity (Wildman–Crippen MR) is 185 cm³/mol. The molecular formula is C38H33P3. The molecule has 0 radical (unpaired) electrons. The maximum atomic E-state index is 3.49. The molecule has 0 saturated heterocycles. The van der Waals surface area contributed by atoms with Gasteiger partial charge in [-0.05, 0) is 48.2 Å². The van der Waals surface area contributed by atoms with E-state index in [1.54, 1.807) is 0 Å². The van der Waals surface area contributed by atoms with E-state index in [2.05, 4.69) is 191 Å². The monoisotopic (exact) mass is 582 g/mol. The van der Waals surface area contributed by atoms with Crippen molar-refractivity contribution < 1.29 is 0 Å². The molecule has 200 valence electrons. The smallest absolute Gasteiger partial charge is 0.0488 e. The summed E-state index contributed by atoms with van der Waals surface area (Å²) in [6.45, 7) is 0. The summed E-state index contributed by atoms with van der Waals surface area (Å²) in [5.74, 6) is 0. The van der Waals surface area contributed by atoms with Gasteiger partial charge in [0.15, 0.2) is 0 Å². The van der Waals surface area contributed by atoms with Crippen LogP contribution >= 0.6 is 25.1 Å². The van der Waals surface area contributed by atoms with E-state index >= 15 is 0 Å². The second-order valence-electron chi connectivity index (χ2n) is 10.1. The highest BCUT2D eigenvalue weighted by Gasteiger charge is 2.49. The van der Waals surface area contributed by atoms with E-state index in [9.17, 15) is 0 Å². The molecule has 3 atom stereocenters. The SMILES string of the molecule is PC(c1ccccc1)(C(c1ccccc1)P(c1ccccc1)c1ccccc1)P(c1ccccc1)c1ccccc1. The average Bonchev–Trinajstić information content (AvgIpc) is 3.06. The van der Waals surface area contributed by atoms with Crippen LogP contribution in [-0.4, -0.2) is 0 Å². The zero-order chi connectivity index (χ0) is 27.9. The maximum Gasteiger partial charge on any atom is 0.0488 e. The minimum absolute atomic E-state index is 0.169. The number of rotatable bonds is 9. The first-order valence-corrected chi connectivity index (χ1v) is 17.3. The van der Waals surface area contributed by atoms with Crippen molar-refractivity contribution in [2.45, 2.75) is 10.6 Å². The molecule has 0 heterocycles. The van der Waals surface area contributed by atoms with Gasteiger partial charge in [0, 0.05) is 10.6 Å². The van der Waals surface area contributed by atoms with E-state index in [1.807, 2.05) is 0 Å². The van der Waals surface area contributed by atoms with Crippen molar-refractivity contribution >= 4 is 46.3 Å². The number of hydrogen-bond acceptors (Lipinski definition) is 0. The zero-order valence-electron chi connectivity index (χ0n) is 22.9. The van der Waals surface area contributed by atoms with Gasteiger partial charge in [0.25, 0.3) is 0 Å². The first kappa shape index (κ1) is 27.8. The summed E-state index contributed by atoms with van der Waals surface area (Å²) in [5.41, 5.74) is 2.88. The summed E-state index contributed by atoms with van der Waals surface area (Å²) in [5, 5.41) is 5.54. The largest absolute Gasteiger partial charge is 0.120 e. The molecule has 3 heteroatoms. The standard InChI is InChI=1S/C38H33P3/c39-38(32-21-9-2-10-22-32,41(35-27-15-5-16-28-35)36-29-17-6-18-30-36)37(31-19-7-1-8-20-31)40(33-23-11-3-12-24-33)34-25-13-4-14-26-34/h1-30,37H,39H2. The van der Waals surface area contributed by atoms with Gasteiger partial charge in [0.2, 0.25) is 0 Å². The van der Waals surface area contributed by atoms with Gasteiger partial charge in [-0.2, -0.15) is 0 Å². The number of benzene rings is 6. The van der Waals surface area contributed by atoms with Gasteiger partial charge >= 0.3 is 0 Å². The fourth-order valence-corrected chi connectivity index (χ4v) is 13.9. The van der Waals surface area contributed by atoms with Crippen molar-refractivity contribution in [1.82, 2.24) is 0 Å². The molecule has 0 spiro atoms. The highest BCUT2D eigenvalue weighted by atomic mass is 31.2. The third kappa shape index (κ3) is 5.85. The van der Waals surface area contributed by atoms with Crippen LogP contribution in [-0.2, 0) is 4.90 Å². The molecule has 0 fully saturated rings. The van der Waals surface area contributed by atoms with Crippen LogP contribution in [0.2, 0.25) is 0 Å². The summed E-state index contributed by atoms with van der Waals surface area (Å²) < 4.78 is 0. The molecule has 0 N–H and O–H groups in total. The predicted octanol–water partition coefficient (Wildman–Crippen LogP) is 8.72. The normalized spacial score (nSPS) is 13.5. The summed E-state index contributed by atoms with van der Waals surface area (Å²) in [4.78, 5) is -0.321. The van der Waals surface area contributed by atoms with Crippen LogP contribution in [0.4, 0.5) is 0 Å². The molecule has 0 aliphatic carbocycles. The Hall–Kier alpha value is -3.39. The maximum absolute atomic E-state index is 3.49. The molecule has 0 saturated carbocycles. The van der Waals surface area contributed by atoms with Gasteiger partial charge in [-0.15, -0.1) is 9.24 Å². The lowest BCUT2D eigenvalue weighted by atomic mass is 10.0. The van der Waals surface area contributed by atoms with Gasteiger partial charge in [-0.25, -0.2) is 0 Å². The Kier molecular flexibility index (Phi) is 8.85. The Morgan fingerprint density at radius 1 is 0.390 bits per heavy atom. The first-order chi connectivity index (χ1) is 20.3. The molecule has 6 rings (SSSR count). The van der Waals surface area contributed by atoms with Gasteiger partial charge < -0.3 is 0 Å². The van der Waals surface area contributed by atoms with Crippen LogP contribution in [0, 0.1) is 0 Å². The topological polar surface area (TPSA) is 0 Å². The van der Waals surface area contributed by atoms with Crippen molar-refractivity contribution in [2.75, 3.05) is 0 Å². The van der Waals surface area contributed by atoms with Crippen molar-refractivity contribution in [3.63, 3.8) is 0 Å². The highest BCUT2D eigenvalue weighted by molar-refractivity contribution is 7.81. The molecule has 0 aliphatic heterocycles. The Bertz CT molecular complexity index is 1550. The Morgan fingerprint density at radius 2 is 0.707 bits per heavy atom. The van der Waals surface area contributed by atoms with Crippen LogP contribution in [0.25, 0.3) is 0 Å². The molecule has 6 aromatic rings. The van der Waals surface area contributed by atoms with E-state index in [1.165, 1.54) is 32.3 Å². The van der Waals surface area contributed by atoms with Crippen molar-refractivity contribution in [2.24, 2.45) is 0 Å². The first-order valence-electron chi connectivity index (χ1n) is 14.0. The zero-order valence-corrected chi connectivity index (χ0v) is 25.8. The van der Waals surface area contributed by atoms with E-state index in [4.69, 9.17) is 0 Å². The van der Waals surface area contributed by atoms with Gasteiger partial charge in [0.1, 0.15) is 0 Å². The minimum Gasteiger partial charge on any atom is -0.120 e. The Labute approximate surface area is 249 Å². The third-order valence-electron chi connectivity index (χ3n) is 7.49. The lowest BCUT2D eigenvalue weighted by Gasteiger charge is -2.48. The van der Waals surface area contributed by atoms with E-state index in [0.29, 0.717) is 0 Å². The van der Waals surface area contributed by atoms with Crippen LogP contribution in [0.15, 0.2) is 182 Å². The molecule has 0 nitrogen and oxygen atoms in total. The molecule has 0 aromatic heterocycles. The van der Waals surface area contributed by atoms with Crippen molar-refractivity contribution in [1.29, 1.82) is 0 Å². The van der Waals surface area contributed by atoms with Crippen molar-refractivity contribution in [3.8, 4) is 0 Å². The minimum atomic E-state index is -0.870. The summed E-state index contributed by atoms with van der Waals surface area (Å²) in [7, 11) is 1.80. The molecular weight excluding hydrogens is 549 g/mol. The Balaban J connectivity index is 1.72. The van der Waals surface area contributed by atoms with Crippen molar-refractivity contribution in [3.05, 3.63) is 193 Å².